The van der Waals surface area contributed by atoms with Crippen molar-refractivity contribution in [1.82, 2.24) is 4.57 Å². The number of aromatic nitrogens is 1. The zero-order chi connectivity index (χ0) is 23.6. The molecular weight excluding hydrogens is 438 g/mol. The van der Waals surface area contributed by atoms with Crippen molar-refractivity contribution in [2.45, 2.75) is 12.8 Å². The van der Waals surface area contributed by atoms with Crippen molar-refractivity contribution in [3.8, 4) is 16.8 Å². The number of fused-ring (bicyclic) bond motifs is 8. The molecule has 7 aromatic rings. The molecule has 0 unspecified atom stereocenters. The van der Waals surface area contributed by atoms with Gasteiger partial charge in [0.25, 0.3) is 0 Å². The third kappa shape index (κ3) is 2.79. The molecule has 2 nitrogen and oxygen atoms in total. The van der Waals surface area contributed by atoms with E-state index >= 15 is 0 Å². The van der Waals surface area contributed by atoms with E-state index < -0.39 is 0 Å². The standard InChI is InChI=1S/C34H23NO/c1-2-9-22(10-3-1)23-11-8-12-25(19-23)35-31-15-6-4-13-26(31)30-20-24-17-18-28-27-14-5-7-16-33(27)36-34(28)29(24)21-32(30)35/h1-3,5,7-21H,4,6H2. The van der Waals surface area contributed by atoms with Crippen molar-refractivity contribution in [2.24, 2.45) is 0 Å². The quantitative estimate of drug-likeness (QED) is 0.258. The molecule has 0 bridgehead atoms. The van der Waals surface area contributed by atoms with Crippen molar-refractivity contribution < 1.29 is 4.42 Å². The maximum absolute atomic E-state index is 6.41. The van der Waals surface area contributed by atoms with Gasteiger partial charge in [-0.15, -0.1) is 0 Å². The van der Waals surface area contributed by atoms with Crippen LogP contribution in [0.4, 0.5) is 0 Å². The van der Waals surface area contributed by atoms with Gasteiger partial charge in [-0.3, -0.25) is 0 Å². The minimum absolute atomic E-state index is 0.937. The predicted molar refractivity (Wildman–Crippen MR) is 151 cm³/mol. The Morgan fingerprint density at radius 1 is 0.583 bits per heavy atom. The fourth-order valence-electron chi connectivity index (χ4n) is 5.93. The Morgan fingerprint density at radius 2 is 1.42 bits per heavy atom. The number of para-hydroxylation sites is 1. The van der Waals surface area contributed by atoms with Crippen molar-refractivity contribution >= 4 is 55.8 Å². The molecule has 2 heteroatoms. The molecule has 170 valence electrons. The fraction of sp³-hybridized carbons (Fsp3) is 0.0588. The van der Waals surface area contributed by atoms with E-state index in [0.29, 0.717) is 0 Å². The van der Waals surface area contributed by atoms with Gasteiger partial charge in [0, 0.05) is 37.8 Å². The topological polar surface area (TPSA) is 18.1 Å². The van der Waals surface area contributed by atoms with Gasteiger partial charge in [-0.05, 0) is 65.8 Å². The molecule has 0 spiro atoms. The number of rotatable bonds is 2. The Balaban J connectivity index is 1.48. The summed E-state index contributed by atoms with van der Waals surface area (Å²) in [4.78, 5) is 0. The van der Waals surface area contributed by atoms with Crippen LogP contribution in [0.3, 0.4) is 0 Å². The fourth-order valence-corrected chi connectivity index (χ4v) is 5.93. The Morgan fingerprint density at radius 3 is 2.36 bits per heavy atom. The van der Waals surface area contributed by atoms with E-state index in [4.69, 9.17) is 4.42 Å². The molecule has 0 radical (unpaired) electrons. The van der Waals surface area contributed by atoms with E-state index in [0.717, 1.165) is 29.4 Å². The lowest BCUT2D eigenvalue weighted by Crippen LogP contribution is -2.30. The lowest BCUT2D eigenvalue weighted by Gasteiger charge is -2.11. The van der Waals surface area contributed by atoms with Crippen LogP contribution < -0.4 is 10.6 Å². The number of furan rings is 1. The normalized spacial score (nSPS) is 13.2. The molecule has 0 fully saturated rings. The molecule has 2 heterocycles. The summed E-state index contributed by atoms with van der Waals surface area (Å²) in [6.45, 7) is 0. The largest absolute Gasteiger partial charge is 0.455 e. The van der Waals surface area contributed by atoms with Gasteiger partial charge in [-0.2, -0.15) is 0 Å². The van der Waals surface area contributed by atoms with Gasteiger partial charge >= 0.3 is 0 Å². The smallest absolute Gasteiger partial charge is 0.143 e. The van der Waals surface area contributed by atoms with Gasteiger partial charge in [-0.1, -0.05) is 78.9 Å². The minimum atomic E-state index is 0.937. The van der Waals surface area contributed by atoms with Crippen LogP contribution in [-0.4, -0.2) is 4.57 Å². The Hall–Kier alpha value is -4.56. The molecule has 0 saturated heterocycles. The van der Waals surface area contributed by atoms with Gasteiger partial charge in [-0.25, -0.2) is 0 Å². The molecule has 0 atom stereocenters. The first kappa shape index (κ1) is 19.7. The number of nitrogens with zero attached hydrogens (tertiary/aromatic N) is 1. The van der Waals surface area contributed by atoms with E-state index in [2.05, 4.69) is 114 Å². The summed E-state index contributed by atoms with van der Waals surface area (Å²) >= 11 is 0. The summed E-state index contributed by atoms with van der Waals surface area (Å²) in [5, 5.41) is 8.64. The van der Waals surface area contributed by atoms with Gasteiger partial charge in [0.05, 0.1) is 5.52 Å². The average molecular weight is 462 g/mol. The number of hydrogen-bond acceptors (Lipinski definition) is 1. The second-order valence-corrected chi connectivity index (χ2v) is 9.67. The van der Waals surface area contributed by atoms with Crippen molar-refractivity contribution in [3.63, 3.8) is 0 Å². The first-order chi connectivity index (χ1) is 17.8. The molecule has 0 N–H and O–H groups in total. The highest BCUT2D eigenvalue weighted by Crippen LogP contribution is 2.35. The summed E-state index contributed by atoms with van der Waals surface area (Å²) < 4.78 is 8.85. The Labute approximate surface area is 208 Å². The third-order valence-electron chi connectivity index (χ3n) is 7.59. The van der Waals surface area contributed by atoms with Crippen molar-refractivity contribution in [3.05, 3.63) is 114 Å². The predicted octanol–water partition coefficient (Wildman–Crippen LogP) is 7.70. The van der Waals surface area contributed by atoms with E-state index in [-0.39, 0.29) is 0 Å². The Bertz CT molecular complexity index is 2090. The van der Waals surface area contributed by atoms with Crippen molar-refractivity contribution in [1.29, 1.82) is 0 Å². The van der Waals surface area contributed by atoms with E-state index in [1.165, 1.54) is 54.4 Å². The van der Waals surface area contributed by atoms with Gasteiger partial charge in [0.15, 0.2) is 0 Å². The molecule has 1 aliphatic rings. The van der Waals surface area contributed by atoms with Gasteiger partial charge in [0.2, 0.25) is 0 Å². The Kier molecular flexibility index (Phi) is 4.09. The molecule has 36 heavy (non-hydrogen) atoms. The molecule has 0 aliphatic heterocycles. The van der Waals surface area contributed by atoms with Crippen LogP contribution in [-0.2, 0) is 0 Å². The molecule has 8 rings (SSSR count). The minimum Gasteiger partial charge on any atom is -0.455 e. The van der Waals surface area contributed by atoms with E-state index in [1.807, 2.05) is 6.07 Å². The molecule has 1 aliphatic carbocycles. The highest BCUT2D eigenvalue weighted by molar-refractivity contribution is 6.17. The third-order valence-corrected chi connectivity index (χ3v) is 7.59. The molecule has 0 saturated carbocycles. The lowest BCUT2D eigenvalue weighted by atomic mass is 10.0. The SMILES string of the molecule is C1=c2c(n(-c3cccc(-c4ccccc4)c3)c3cc4c(ccc5c6ccccc6oc45)cc23)=CCC1. The summed E-state index contributed by atoms with van der Waals surface area (Å²) in [5.41, 5.74) is 6.77. The second kappa shape index (κ2) is 7.47. The molecule has 5 aromatic carbocycles. The van der Waals surface area contributed by atoms with E-state index in [1.54, 1.807) is 0 Å². The molecular formula is C34H23NO. The lowest BCUT2D eigenvalue weighted by molar-refractivity contribution is 0.672. The monoisotopic (exact) mass is 461 g/mol. The molecule has 0 amide bonds. The van der Waals surface area contributed by atoms with Crippen LogP contribution in [0.15, 0.2) is 108 Å². The van der Waals surface area contributed by atoms with E-state index in [9.17, 15) is 0 Å². The summed E-state index contributed by atoms with van der Waals surface area (Å²) in [7, 11) is 0. The molecule has 2 aromatic heterocycles. The summed E-state index contributed by atoms with van der Waals surface area (Å²) in [5.74, 6) is 0. The van der Waals surface area contributed by atoms with Gasteiger partial charge < -0.3 is 8.98 Å². The van der Waals surface area contributed by atoms with Crippen LogP contribution in [0.5, 0.6) is 0 Å². The van der Waals surface area contributed by atoms with Gasteiger partial charge in [0.1, 0.15) is 11.2 Å². The first-order valence-corrected chi connectivity index (χ1v) is 12.6. The highest BCUT2D eigenvalue weighted by atomic mass is 16.3. The number of benzene rings is 5. The zero-order valence-corrected chi connectivity index (χ0v) is 19.7. The maximum atomic E-state index is 6.41. The first-order valence-electron chi connectivity index (χ1n) is 12.6. The number of hydrogen-bond donors (Lipinski definition) is 0. The van der Waals surface area contributed by atoms with Crippen LogP contribution in [0.1, 0.15) is 12.8 Å². The van der Waals surface area contributed by atoms with Crippen molar-refractivity contribution in [2.75, 3.05) is 0 Å². The van der Waals surface area contributed by atoms with Crippen LogP contribution >= 0.6 is 0 Å². The highest BCUT2D eigenvalue weighted by Gasteiger charge is 2.16. The second-order valence-electron chi connectivity index (χ2n) is 9.67. The van der Waals surface area contributed by atoms with Crippen LogP contribution in [0.25, 0.3) is 72.6 Å². The average Bonchev–Trinajstić information content (AvgIpc) is 3.48. The maximum Gasteiger partial charge on any atom is 0.143 e. The van der Waals surface area contributed by atoms with Crippen LogP contribution in [0.2, 0.25) is 0 Å². The summed E-state index contributed by atoms with van der Waals surface area (Å²) in [6.07, 6.45) is 6.94. The van der Waals surface area contributed by atoms with Crippen LogP contribution in [0, 0.1) is 0 Å². The summed E-state index contributed by atoms with van der Waals surface area (Å²) in [6, 6.07) is 37.0. The zero-order valence-electron chi connectivity index (χ0n) is 19.7.